The van der Waals surface area contributed by atoms with Crippen molar-refractivity contribution in [2.75, 3.05) is 39.0 Å². The van der Waals surface area contributed by atoms with Gasteiger partial charge in [0.1, 0.15) is 0 Å². The van der Waals surface area contributed by atoms with Gasteiger partial charge in [-0.15, -0.1) is 0 Å². The summed E-state index contributed by atoms with van der Waals surface area (Å²) in [4.78, 5) is 25.6. The molecule has 0 spiro atoms. The molecule has 0 saturated carbocycles. The molecule has 2 heterocycles. The third-order valence-electron chi connectivity index (χ3n) is 4.17. The number of sulfonamides is 1. The molecule has 2 aliphatic heterocycles. The van der Waals surface area contributed by atoms with Gasteiger partial charge in [0.25, 0.3) is 0 Å². The Hall–Kier alpha value is -1.15. The van der Waals surface area contributed by atoms with E-state index in [1.54, 1.807) is 4.90 Å². The maximum atomic E-state index is 12.0. The van der Waals surface area contributed by atoms with Crippen molar-refractivity contribution in [3.8, 4) is 0 Å². The first-order chi connectivity index (χ1) is 9.88. The molecule has 8 heteroatoms. The highest BCUT2D eigenvalue weighted by Gasteiger charge is 2.29. The lowest BCUT2D eigenvalue weighted by Crippen LogP contribution is -2.45. The highest BCUT2D eigenvalue weighted by Crippen LogP contribution is 2.19. The van der Waals surface area contributed by atoms with Crippen LogP contribution in [0.1, 0.15) is 25.7 Å². The van der Waals surface area contributed by atoms with Crippen molar-refractivity contribution >= 4 is 21.8 Å². The maximum Gasteiger partial charge on any atom is 0.241 e. The lowest BCUT2D eigenvalue weighted by atomic mass is 9.97. The Morgan fingerprint density at radius 1 is 1.10 bits per heavy atom. The molecular formula is C13H23N3O4S. The lowest BCUT2D eigenvalue weighted by molar-refractivity contribution is -0.133. The Morgan fingerprint density at radius 2 is 1.67 bits per heavy atom. The molecule has 120 valence electrons. The van der Waals surface area contributed by atoms with Gasteiger partial charge in [-0.25, -0.2) is 12.7 Å². The number of nitrogens with zero attached hydrogens (tertiary/aromatic N) is 2. The first kappa shape index (κ1) is 16.2. The smallest absolute Gasteiger partial charge is 0.241 e. The highest BCUT2D eigenvalue weighted by atomic mass is 32.2. The van der Waals surface area contributed by atoms with Crippen LogP contribution < -0.4 is 5.32 Å². The molecule has 7 nitrogen and oxygen atoms in total. The zero-order chi connectivity index (χ0) is 15.5. The van der Waals surface area contributed by atoms with Crippen LogP contribution in [0.15, 0.2) is 0 Å². The molecule has 0 atom stereocenters. The van der Waals surface area contributed by atoms with Crippen molar-refractivity contribution in [1.82, 2.24) is 14.5 Å². The summed E-state index contributed by atoms with van der Waals surface area (Å²) in [6.07, 6.45) is 4.27. The van der Waals surface area contributed by atoms with Gasteiger partial charge >= 0.3 is 0 Å². The minimum absolute atomic E-state index is 0.0329. The summed E-state index contributed by atoms with van der Waals surface area (Å²) in [6.45, 7) is 2.35. The van der Waals surface area contributed by atoms with E-state index in [-0.39, 0.29) is 24.3 Å². The minimum atomic E-state index is -3.17. The first-order valence-corrected chi connectivity index (χ1v) is 9.23. The molecule has 0 aromatic heterocycles. The molecule has 2 amide bonds. The second-order valence-electron chi connectivity index (χ2n) is 5.74. The monoisotopic (exact) mass is 317 g/mol. The van der Waals surface area contributed by atoms with Crippen LogP contribution in [0, 0.1) is 5.92 Å². The molecule has 0 aliphatic carbocycles. The van der Waals surface area contributed by atoms with Crippen LogP contribution in [0.2, 0.25) is 0 Å². The van der Waals surface area contributed by atoms with Gasteiger partial charge in [0.15, 0.2) is 0 Å². The fourth-order valence-electron chi connectivity index (χ4n) is 2.84. The number of nitrogens with one attached hydrogen (secondary N) is 1. The fraction of sp³-hybridized carbons (Fsp3) is 0.846. The van der Waals surface area contributed by atoms with Gasteiger partial charge in [0.05, 0.1) is 12.8 Å². The Morgan fingerprint density at radius 3 is 2.19 bits per heavy atom. The molecule has 2 aliphatic rings. The largest absolute Gasteiger partial charge is 0.347 e. The normalized spacial score (nSPS) is 21.5. The Labute approximate surface area is 125 Å². The number of carbonyl (C=O) groups excluding carboxylic acids is 2. The van der Waals surface area contributed by atoms with Crippen LogP contribution >= 0.6 is 0 Å². The number of carbonyl (C=O) groups is 2. The third-order valence-corrected chi connectivity index (χ3v) is 5.47. The maximum absolute atomic E-state index is 12.0. The third kappa shape index (κ3) is 4.41. The van der Waals surface area contributed by atoms with E-state index in [0.29, 0.717) is 25.9 Å². The Balaban J connectivity index is 1.73. The molecule has 2 fully saturated rings. The van der Waals surface area contributed by atoms with E-state index in [1.807, 2.05) is 0 Å². The summed E-state index contributed by atoms with van der Waals surface area (Å²) in [5.74, 6) is -0.375. The van der Waals surface area contributed by atoms with Crippen molar-refractivity contribution in [1.29, 1.82) is 0 Å². The average molecular weight is 317 g/mol. The molecule has 1 N–H and O–H groups in total. The van der Waals surface area contributed by atoms with E-state index >= 15 is 0 Å². The summed E-state index contributed by atoms with van der Waals surface area (Å²) >= 11 is 0. The van der Waals surface area contributed by atoms with Gasteiger partial charge in [-0.1, -0.05) is 0 Å². The summed E-state index contributed by atoms with van der Waals surface area (Å²) in [7, 11) is -3.17. The molecule has 2 rings (SSSR count). The molecule has 2 saturated heterocycles. The van der Waals surface area contributed by atoms with E-state index in [9.17, 15) is 18.0 Å². The van der Waals surface area contributed by atoms with Gasteiger partial charge in [0, 0.05) is 32.1 Å². The summed E-state index contributed by atoms with van der Waals surface area (Å²) in [5.41, 5.74) is 0. The zero-order valence-electron chi connectivity index (χ0n) is 12.4. The van der Waals surface area contributed by atoms with Crippen molar-refractivity contribution in [3.05, 3.63) is 0 Å². The quantitative estimate of drug-likeness (QED) is 0.750. The van der Waals surface area contributed by atoms with Crippen molar-refractivity contribution in [2.45, 2.75) is 25.7 Å². The zero-order valence-corrected chi connectivity index (χ0v) is 13.2. The van der Waals surface area contributed by atoms with E-state index in [1.165, 1.54) is 10.6 Å². The number of hydrogen-bond donors (Lipinski definition) is 1. The molecular weight excluding hydrogens is 294 g/mol. The lowest BCUT2D eigenvalue weighted by Gasteiger charge is -2.29. The SMILES string of the molecule is CS(=O)(=O)N1CCC(C(=O)NCC(=O)N2CCCC2)CC1. The van der Waals surface area contributed by atoms with Gasteiger partial charge in [-0.2, -0.15) is 0 Å². The summed E-state index contributed by atoms with van der Waals surface area (Å²) in [6, 6.07) is 0. The second kappa shape index (κ2) is 6.74. The first-order valence-electron chi connectivity index (χ1n) is 7.38. The van der Waals surface area contributed by atoms with Gasteiger partial charge in [0.2, 0.25) is 21.8 Å². The van der Waals surface area contributed by atoms with E-state index < -0.39 is 10.0 Å². The van der Waals surface area contributed by atoms with Crippen LogP contribution in [-0.4, -0.2) is 68.4 Å². The van der Waals surface area contributed by atoms with Crippen molar-refractivity contribution in [3.63, 3.8) is 0 Å². The van der Waals surface area contributed by atoms with Gasteiger partial charge < -0.3 is 10.2 Å². The van der Waals surface area contributed by atoms with Crippen LogP contribution in [0.3, 0.4) is 0 Å². The summed E-state index contributed by atoms with van der Waals surface area (Å²) in [5, 5.41) is 2.68. The topological polar surface area (TPSA) is 86.8 Å². The number of likely N-dealkylation sites (tertiary alicyclic amines) is 1. The number of rotatable bonds is 4. The molecule has 0 bridgehead atoms. The van der Waals surface area contributed by atoms with E-state index in [0.717, 1.165) is 25.9 Å². The summed E-state index contributed by atoms with van der Waals surface area (Å²) < 4.78 is 24.2. The molecule has 0 aromatic rings. The van der Waals surface area contributed by atoms with Crippen LogP contribution in [-0.2, 0) is 19.6 Å². The second-order valence-corrected chi connectivity index (χ2v) is 7.72. The number of hydrogen-bond acceptors (Lipinski definition) is 4. The standard InChI is InChI=1S/C13H23N3O4S/c1-21(19,20)16-8-4-11(5-9-16)13(18)14-10-12(17)15-6-2-3-7-15/h11H,2-10H2,1H3,(H,14,18). The van der Waals surface area contributed by atoms with Crippen molar-refractivity contribution < 1.29 is 18.0 Å². The van der Waals surface area contributed by atoms with E-state index in [2.05, 4.69) is 5.32 Å². The molecule has 21 heavy (non-hydrogen) atoms. The Bertz CT molecular complexity index is 492. The average Bonchev–Trinajstić information content (AvgIpc) is 2.98. The number of amides is 2. The molecule has 0 aromatic carbocycles. The molecule has 0 radical (unpaired) electrons. The van der Waals surface area contributed by atoms with Gasteiger partial charge in [-0.3, -0.25) is 9.59 Å². The van der Waals surface area contributed by atoms with E-state index in [4.69, 9.17) is 0 Å². The minimum Gasteiger partial charge on any atom is -0.347 e. The van der Waals surface area contributed by atoms with Crippen molar-refractivity contribution in [2.24, 2.45) is 5.92 Å². The van der Waals surface area contributed by atoms with Crippen LogP contribution in [0.5, 0.6) is 0 Å². The number of piperidine rings is 1. The highest BCUT2D eigenvalue weighted by molar-refractivity contribution is 7.88. The van der Waals surface area contributed by atoms with Gasteiger partial charge in [-0.05, 0) is 25.7 Å². The Kier molecular flexibility index (Phi) is 5.21. The molecule has 0 unspecified atom stereocenters. The fourth-order valence-corrected chi connectivity index (χ4v) is 3.71. The predicted molar refractivity (Wildman–Crippen MR) is 78.0 cm³/mol. The predicted octanol–water partition coefficient (Wildman–Crippen LogP) is -0.603. The van der Waals surface area contributed by atoms with Crippen LogP contribution in [0.25, 0.3) is 0 Å². The van der Waals surface area contributed by atoms with Crippen LogP contribution in [0.4, 0.5) is 0 Å².